The van der Waals surface area contributed by atoms with Gasteiger partial charge < -0.3 is 14.6 Å². The van der Waals surface area contributed by atoms with Crippen LogP contribution in [0.1, 0.15) is 24.5 Å². The summed E-state index contributed by atoms with van der Waals surface area (Å²) in [5.74, 6) is 0. The molecule has 16 heavy (non-hydrogen) atoms. The van der Waals surface area contributed by atoms with Gasteiger partial charge in [0.1, 0.15) is 11.7 Å². The number of methoxy groups -OCH3 is 1. The topological polar surface area (TPSA) is 56.5 Å². The van der Waals surface area contributed by atoms with Gasteiger partial charge in [-0.2, -0.15) is 5.10 Å². The first-order chi connectivity index (χ1) is 7.68. The van der Waals surface area contributed by atoms with Crippen LogP contribution in [0.3, 0.4) is 0 Å². The fraction of sp³-hybridized carbons (Fsp3) is 0.727. The molecule has 5 heteroatoms. The number of hydrogen-bond acceptors (Lipinski definition) is 4. The van der Waals surface area contributed by atoms with E-state index in [1.165, 1.54) is 0 Å². The smallest absolute Gasteiger partial charge is 0.111 e. The fourth-order valence-electron chi connectivity index (χ4n) is 2.19. The van der Waals surface area contributed by atoms with Crippen LogP contribution < -0.4 is 0 Å². The van der Waals surface area contributed by atoms with Crippen LogP contribution in [0.15, 0.2) is 12.4 Å². The molecule has 1 fully saturated rings. The highest BCUT2D eigenvalue weighted by Gasteiger charge is 2.41. The number of hydrogen-bond donors (Lipinski definition) is 1. The molecular weight excluding hydrogens is 208 g/mol. The van der Waals surface area contributed by atoms with Gasteiger partial charge in [0.05, 0.1) is 6.20 Å². The van der Waals surface area contributed by atoms with Crippen molar-refractivity contribution in [3.63, 3.8) is 0 Å². The Morgan fingerprint density at radius 2 is 2.25 bits per heavy atom. The zero-order chi connectivity index (χ0) is 11.6. The zero-order valence-corrected chi connectivity index (χ0v) is 9.72. The maximum Gasteiger partial charge on any atom is 0.111 e. The van der Waals surface area contributed by atoms with Crippen LogP contribution in [0.5, 0.6) is 0 Å². The molecule has 0 bridgehead atoms. The number of aromatic nitrogens is 2. The number of aryl methyl sites for hydroxylation is 1. The number of ether oxygens (including phenoxy) is 2. The Morgan fingerprint density at radius 1 is 1.56 bits per heavy atom. The minimum absolute atomic E-state index is 0.527. The predicted octanol–water partition coefficient (Wildman–Crippen LogP) is 0.649. The van der Waals surface area contributed by atoms with Crippen molar-refractivity contribution in [2.75, 3.05) is 20.3 Å². The first-order valence-electron chi connectivity index (χ1n) is 5.47. The molecular formula is C11H18N2O3. The van der Waals surface area contributed by atoms with Gasteiger partial charge in [0.2, 0.25) is 0 Å². The van der Waals surface area contributed by atoms with E-state index in [-0.39, 0.29) is 0 Å². The van der Waals surface area contributed by atoms with E-state index in [0.29, 0.717) is 26.1 Å². The van der Waals surface area contributed by atoms with Crippen LogP contribution in [-0.4, -0.2) is 40.8 Å². The summed E-state index contributed by atoms with van der Waals surface area (Å²) in [6.07, 6.45) is 4.27. The van der Waals surface area contributed by atoms with Crippen LogP contribution in [0.4, 0.5) is 0 Å². The molecule has 1 aliphatic rings. The van der Waals surface area contributed by atoms with Gasteiger partial charge in [0.25, 0.3) is 0 Å². The number of aliphatic hydroxyl groups excluding tert-OH is 1. The Hall–Kier alpha value is -0.910. The van der Waals surface area contributed by atoms with Crippen molar-refractivity contribution in [3.8, 4) is 0 Å². The van der Waals surface area contributed by atoms with E-state index >= 15 is 0 Å². The van der Waals surface area contributed by atoms with Crippen LogP contribution in [0.25, 0.3) is 0 Å². The van der Waals surface area contributed by atoms with Crippen molar-refractivity contribution in [2.24, 2.45) is 7.05 Å². The fourth-order valence-corrected chi connectivity index (χ4v) is 2.19. The second-order valence-corrected chi connectivity index (χ2v) is 4.23. The molecule has 90 valence electrons. The first kappa shape index (κ1) is 11.6. The molecule has 0 radical (unpaired) electrons. The van der Waals surface area contributed by atoms with Crippen molar-refractivity contribution < 1.29 is 14.6 Å². The van der Waals surface area contributed by atoms with E-state index in [0.717, 1.165) is 5.56 Å². The Balaban J connectivity index is 2.20. The molecule has 5 nitrogen and oxygen atoms in total. The highest BCUT2D eigenvalue weighted by atomic mass is 16.5. The summed E-state index contributed by atoms with van der Waals surface area (Å²) < 4.78 is 12.5. The maximum atomic E-state index is 10.4. The Bertz CT molecular complexity index is 345. The first-order valence-corrected chi connectivity index (χ1v) is 5.47. The van der Waals surface area contributed by atoms with Crippen molar-refractivity contribution in [2.45, 2.75) is 24.5 Å². The highest BCUT2D eigenvalue weighted by molar-refractivity contribution is 5.13. The van der Waals surface area contributed by atoms with E-state index in [1.807, 2.05) is 13.2 Å². The molecule has 0 saturated carbocycles. The van der Waals surface area contributed by atoms with Gasteiger partial charge in [-0.1, -0.05) is 0 Å². The van der Waals surface area contributed by atoms with Crippen molar-refractivity contribution in [3.05, 3.63) is 18.0 Å². The van der Waals surface area contributed by atoms with Crippen LogP contribution >= 0.6 is 0 Å². The van der Waals surface area contributed by atoms with Gasteiger partial charge in [0, 0.05) is 52.0 Å². The molecule has 2 heterocycles. The molecule has 1 N–H and O–H groups in total. The van der Waals surface area contributed by atoms with Crippen LogP contribution in [0.2, 0.25) is 0 Å². The summed E-state index contributed by atoms with van der Waals surface area (Å²) in [4.78, 5) is 0. The van der Waals surface area contributed by atoms with Gasteiger partial charge >= 0.3 is 0 Å². The average Bonchev–Trinajstić information content (AvgIpc) is 2.76. The molecule has 2 rings (SSSR count). The van der Waals surface area contributed by atoms with E-state index in [4.69, 9.17) is 9.47 Å². The predicted molar refractivity (Wildman–Crippen MR) is 58.0 cm³/mol. The molecule has 0 aliphatic carbocycles. The minimum Gasteiger partial charge on any atom is -0.385 e. The third-order valence-corrected chi connectivity index (χ3v) is 3.28. The molecule has 1 unspecified atom stereocenters. The van der Waals surface area contributed by atoms with Gasteiger partial charge in [-0.25, -0.2) is 0 Å². The molecule has 1 aliphatic heterocycles. The van der Waals surface area contributed by atoms with Crippen molar-refractivity contribution >= 4 is 0 Å². The summed E-state index contributed by atoms with van der Waals surface area (Å²) in [6.45, 7) is 1.26. The number of nitrogens with zero attached hydrogens (tertiary/aromatic N) is 2. The van der Waals surface area contributed by atoms with Gasteiger partial charge in [-0.3, -0.25) is 4.68 Å². The van der Waals surface area contributed by atoms with Crippen LogP contribution in [-0.2, 0) is 16.5 Å². The molecule has 1 saturated heterocycles. The standard InChI is InChI=1S/C11H18N2O3/c1-13-8-9(7-12-13)10(14)11(15-2)3-5-16-6-4-11/h7-8,10,14H,3-6H2,1-2H3. The molecule has 1 aromatic rings. The van der Waals surface area contributed by atoms with Gasteiger partial charge in [0.15, 0.2) is 0 Å². The summed E-state index contributed by atoms with van der Waals surface area (Å²) in [5.41, 5.74) is 0.271. The second kappa shape index (κ2) is 4.53. The summed E-state index contributed by atoms with van der Waals surface area (Å²) in [5, 5.41) is 14.4. The van der Waals surface area contributed by atoms with E-state index in [9.17, 15) is 5.11 Å². The lowest BCUT2D eigenvalue weighted by atomic mass is 9.85. The molecule has 1 atom stereocenters. The molecule has 0 aromatic carbocycles. The lowest BCUT2D eigenvalue weighted by molar-refractivity contribution is -0.154. The molecule has 0 spiro atoms. The quantitative estimate of drug-likeness (QED) is 0.822. The molecule has 1 aromatic heterocycles. The lowest BCUT2D eigenvalue weighted by Gasteiger charge is -2.39. The average molecular weight is 226 g/mol. The maximum absolute atomic E-state index is 10.4. The van der Waals surface area contributed by atoms with E-state index < -0.39 is 11.7 Å². The van der Waals surface area contributed by atoms with E-state index in [1.54, 1.807) is 18.0 Å². The Morgan fingerprint density at radius 3 is 2.75 bits per heavy atom. The summed E-state index contributed by atoms with van der Waals surface area (Å²) in [6, 6.07) is 0. The highest BCUT2D eigenvalue weighted by Crippen LogP contribution is 2.36. The Kier molecular flexibility index (Phi) is 3.28. The van der Waals surface area contributed by atoms with E-state index in [2.05, 4.69) is 5.10 Å². The van der Waals surface area contributed by atoms with Gasteiger partial charge in [-0.15, -0.1) is 0 Å². The van der Waals surface area contributed by atoms with Crippen LogP contribution in [0, 0.1) is 0 Å². The normalized spacial score (nSPS) is 21.9. The third-order valence-electron chi connectivity index (χ3n) is 3.28. The third kappa shape index (κ3) is 1.98. The van der Waals surface area contributed by atoms with Crippen molar-refractivity contribution in [1.29, 1.82) is 0 Å². The largest absolute Gasteiger partial charge is 0.385 e. The van der Waals surface area contributed by atoms with Crippen molar-refractivity contribution in [1.82, 2.24) is 9.78 Å². The van der Waals surface area contributed by atoms with Gasteiger partial charge in [-0.05, 0) is 0 Å². The summed E-state index contributed by atoms with van der Waals surface area (Å²) >= 11 is 0. The lowest BCUT2D eigenvalue weighted by Crippen LogP contribution is -2.43. The monoisotopic (exact) mass is 226 g/mol. The molecule has 0 amide bonds. The number of aliphatic hydroxyl groups is 1. The number of rotatable bonds is 3. The minimum atomic E-state index is -0.643. The zero-order valence-electron chi connectivity index (χ0n) is 9.72. The Labute approximate surface area is 95.0 Å². The SMILES string of the molecule is COC1(C(O)c2cnn(C)c2)CCOCC1. The summed E-state index contributed by atoms with van der Waals surface area (Å²) in [7, 11) is 3.48. The second-order valence-electron chi connectivity index (χ2n) is 4.23.